The average molecular weight is 220 g/mol. The minimum Gasteiger partial charge on any atom is -0.361 e. The molecular weight excluding hydrogens is 199 g/mol. The lowest BCUT2D eigenvalue weighted by Gasteiger charge is -2.17. The van der Waals surface area contributed by atoms with Crippen LogP contribution in [0.15, 0.2) is 0 Å². The fourth-order valence-corrected chi connectivity index (χ4v) is 1.46. The van der Waals surface area contributed by atoms with Gasteiger partial charge in [0.25, 0.3) is 0 Å². The lowest BCUT2D eigenvalue weighted by atomic mass is 10.00. The zero-order valence-electron chi connectivity index (χ0n) is 9.17. The molecule has 5 heteroatoms. The van der Waals surface area contributed by atoms with Gasteiger partial charge in [0.15, 0.2) is 0 Å². The van der Waals surface area contributed by atoms with E-state index in [2.05, 4.69) is 5.32 Å². The molecule has 0 aromatic carbocycles. The molecule has 0 aromatic rings. The van der Waals surface area contributed by atoms with Crippen molar-refractivity contribution < 1.29 is 9.32 Å². The van der Waals surface area contributed by atoms with E-state index in [0.717, 1.165) is 6.42 Å². The van der Waals surface area contributed by atoms with E-state index in [1.807, 2.05) is 20.8 Å². The van der Waals surface area contributed by atoms with Crippen molar-refractivity contribution in [3.05, 3.63) is 0 Å². The summed E-state index contributed by atoms with van der Waals surface area (Å²) in [5.41, 5.74) is 5.74. The SMILES string of the molecule is CCOPCNC(=O)C(N)C(C)CC. The van der Waals surface area contributed by atoms with Gasteiger partial charge < -0.3 is 15.6 Å². The smallest absolute Gasteiger partial charge is 0.237 e. The van der Waals surface area contributed by atoms with Gasteiger partial charge in [-0.25, -0.2) is 0 Å². The molecular formula is C9H21N2O2P. The first kappa shape index (κ1) is 13.8. The van der Waals surface area contributed by atoms with Crippen LogP contribution in [0.2, 0.25) is 0 Å². The number of hydrogen-bond donors (Lipinski definition) is 2. The summed E-state index contributed by atoms with van der Waals surface area (Å²) in [6.45, 7) is 6.63. The second-order valence-electron chi connectivity index (χ2n) is 3.21. The fraction of sp³-hybridized carbons (Fsp3) is 0.889. The fourth-order valence-electron chi connectivity index (χ4n) is 0.906. The molecule has 0 spiro atoms. The molecule has 0 rings (SSSR count). The summed E-state index contributed by atoms with van der Waals surface area (Å²) < 4.78 is 5.12. The van der Waals surface area contributed by atoms with E-state index in [4.69, 9.17) is 10.3 Å². The van der Waals surface area contributed by atoms with E-state index < -0.39 is 6.04 Å². The van der Waals surface area contributed by atoms with Crippen LogP contribution < -0.4 is 11.1 Å². The van der Waals surface area contributed by atoms with E-state index >= 15 is 0 Å². The molecule has 0 aliphatic carbocycles. The monoisotopic (exact) mass is 220 g/mol. The third-order valence-electron chi connectivity index (χ3n) is 2.14. The third-order valence-corrected chi connectivity index (χ3v) is 2.95. The topological polar surface area (TPSA) is 64.3 Å². The second-order valence-corrected chi connectivity index (χ2v) is 4.14. The molecule has 0 bridgehead atoms. The zero-order chi connectivity index (χ0) is 11.0. The van der Waals surface area contributed by atoms with Gasteiger partial charge in [-0.15, -0.1) is 0 Å². The minimum atomic E-state index is -0.397. The highest BCUT2D eigenvalue weighted by molar-refractivity contribution is 7.32. The highest BCUT2D eigenvalue weighted by Gasteiger charge is 2.18. The summed E-state index contributed by atoms with van der Waals surface area (Å²) in [6, 6.07) is -0.397. The quantitative estimate of drug-likeness (QED) is 0.498. The van der Waals surface area contributed by atoms with Crippen LogP contribution >= 0.6 is 8.81 Å². The van der Waals surface area contributed by atoms with Crippen LogP contribution in [0.3, 0.4) is 0 Å². The molecule has 0 radical (unpaired) electrons. The Morgan fingerprint density at radius 3 is 2.71 bits per heavy atom. The molecule has 3 atom stereocenters. The third kappa shape index (κ3) is 5.53. The molecule has 3 N–H and O–H groups in total. The molecule has 0 saturated heterocycles. The summed E-state index contributed by atoms with van der Waals surface area (Å²) in [7, 11) is 0.324. The maximum atomic E-state index is 11.4. The van der Waals surface area contributed by atoms with Crippen molar-refractivity contribution in [1.82, 2.24) is 5.32 Å². The summed E-state index contributed by atoms with van der Waals surface area (Å²) >= 11 is 0. The molecule has 0 saturated carbocycles. The Bertz CT molecular complexity index is 167. The van der Waals surface area contributed by atoms with Gasteiger partial charge in [0.05, 0.1) is 12.3 Å². The van der Waals surface area contributed by atoms with Gasteiger partial charge in [-0.1, -0.05) is 20.3 Å². The van der Waals surface area contributed by atoms with Crippen molar-refractivity contribution in [3.8, 4) is 0 Å². The first-order valence-corrected chi connectivity index (χ1v) is 6.12. The van der Waals surface area contributed by atoms with E-state index in [0.29, 0.717) is 21.7 Å². The van der Waals surface area contributed by atoms with E-state index in [9.17, 15) is 4.79 Å². The Hall–Kier alpha value is -0.180. The summed E-state index contributed by atoms with van der Waals surface area (Å²) in [5.74, 6) is 0.150. The van der Waals surface area contributed by atoms with Crippen molar-refractivity contribution in [2.45, 2.75) is 33.2 Å². The first-order chi connectivity index (χ1) is 6.63. The zero-order valence-corrected chi connectivity index (χ0v) is 10.2. The number of rotatable bonds is 7. The number of carbonyl (C=O) groups excluding carboxylic acids is 1. The van der Waals surface area contributed by atoms with Gasteiger partial charge in [0, 0.05) is 15.4 Å². The number of carbonyl (C=O) groups is 1. The highest BCUT2D eigenvalue weighted by Crippen LogP contribution is 2.09. The number of nitrogens with two attached hydrogens (primary N) is 1. The van der Waals surface area contributed by atoms with E-state index in [1.165, 1.54) is 0 Å². The van der Waals surface area contributed by atoms with E-state index in [-0.39, 0.29) is 11.8 Å². The predicted molar refractivity (Wildman–Crippen MR) is 60.4 cm³/mol. The lowest BCUT2D eigenvalue weighted by Crippen LogP contribution is -2.44. The molecule has 0 fully saturated rings. The van der Waals surface area contributed by atoms with Crippen LogP contribution in [0.1, 0.15) is 27.2 Å². The molecule has 14 heavy (non-hydrogen) atoms. The molecule has 0 aliphatic heterocycles. The van der Waals surface area contributed by atoms with Crippen LogP contribution in [0.25, 0.3) is 0 Å². The van der Waals surface area contributed by atoms with Crippen LogP contribution in [0, 0.1) is 5.92 Å². The molecule has 84 valence electrons. The Labute approximate surface area is 87.8 Å². The van der Waals surface area contributed by atoms with Crippen LogP contribution in [-0.2, 0) is 9.32 Å². The second kappa shape index (κ2) is 8.16. The summed E-state index contributed by atoms with van der Waals surface area (Å²) in [4.78, 5) is 11.4. The Kier molecular flexibility index (Phi) is 8.05. The molecule has 3 unspecified atom stereocenters. The van der Waals surface area contributed by atoms with Crippen molar-refractivity contribution >= 4 is 14.7 Å². The summed E-state index contributed by atoms with van der Waals surface area (Å²) in [5, 5.41) is 2.76. The minimum absolute atomic E-state index is 0.0773. The largest absolute Gasteiger partial charge is 0.361 e. The first-order valence-electron chi connectivity index (χ1n) is 5.01. The number of nitrogens with one attached hydrogen (secondary N) is 1. The number of hydrogen-bond acceptors (Lipinski definition) is 3. The average Bonchev–Trinajstić information content (AvgIpc) is 2.21. The Balaban J connectivity index is 3.62. The van der Waals surface area contributed by atoms with Gasteiger partial charge in [-0.3, -0.25) is 4.79 Å². The lowest BCUT2D eigenvalue weighted by molar-refractivity contribution is -0.123. The van der Waals surface area contributed by atoms with E-state index in [1.54, 1.807) is 0 Å². The van der Waals surface area contributed by atoms with Crippen molar-refractivity contribution in [2.24, 2.45) is 11.7 Å². The van der Waals surface area contributed by atoms with Gasteiger partial charge in [-0.05, 0) is 12.8 Å². The Morgan fingerprint density at radius 1 is 1.57 bits per heavy atom. The molecule has 0 aromatic heterocycles. The van der Waals surface area contributed by atoms with Crippen LogP contribution in [0.5, 0.6) is 0 Å². The standard InChI is InChI=1S/C9H21N2O2P/c1-4-7(3)8(10)9(12)11-6-14-13-5-2/h7-8,14H,4-6,10H2,1-3H3,(H,11,12). The highest BCUT2D eigenvalue weighted by atomic mass is 31.1. The van der Waals surface area contributed by atoms with Crippen molar-refractivity contribution in [1.29, 1.82) is 0 Å². The molecule has 1 amide bonds. The maximum absolute atomic E-state index is 11.4. The predicted octanol–water partition coefficient (Wildman–Crippen LogP) is 1.06. The van der Waals surface area contributed by atoms with Crippen molar-refractivity contribution in [3.63, 3.8) is 0 Å². The molecule has 4 nitrogen and oxygen atoms in total. The number of amides is 1. The molecule has 0 aliphatic rings. The van der Waals surface area contributed by atoms with Gasteiger partial charge in [0.2, 0.25) is 5.91 Å². The maximum Gasteiger partial charge on any atom is 0.237 e. The van der Waals surface area contributed by atoms with Crippen LogP contribution in [0.4, 0.5) is 0 Å². The summed E-state index contributed by atoms with van der Waals surface area (Å²) in [6.07, 6.45) is 1.49. The van der Waals surface area contributed by atoms with Gasteiger partial charge >= 0.3 is 0 Å². The normalized spacial score (nSPS) is 15.7. The Morgan fingerprint density at radius 2 is 2.21 bits per heavy atom. The molecule has 0 heterocycles. The van der Waals surface area contributed by atoms with Gasteiger partial charge in [-0.2, -0.15) is 0 Å². The van der Waals surface area contributed by atoms with Crippen LogP contribution in [-0.4, -0.2) is 24.8 Å². The van der Waals surface area contributed by atoms with Crippen molar-refractivity contribution in [2.75, 3.05) is 12.9 Å². The van der Waals surface area contributed by atoms with Gasteiger partial charge in [0.1, 0.15) is 0 Å².